The summed E-state index contributed by atoms with van der Waals surface area (Å²) in [5.74, 6) is 0.379. The van der Waals surface area contributed by atoms with Gasteiger partial charge in [-0.25, -0.2) is 0 Å². The first-order chi connectivity index (χ1) is 15.4. The van der Waals surface area contributed by atoms with Gasteiger partial charge in [-0.05, 0) is 55.8 Å². The average molecular weight is 412 g/mol. The predicted octanol–water partition coefficient (Wildman–Crippen LogP) is 5.46. The van der Waals surface area contributed by atoms with E-state index in [1.54, 1.807) is 0 Å². The SMILES string of the molecule is C(=N/Nc1ccccc1)/C(=N\Nc1ccccc1)C1CCN(Cc2ccccc2)CC1. The van der Waals surface area contributed by atoms with Crippen LogP contribution in [0.2, 0.25) is 0 Å². The van der Waals surface area contributed by atoms with Crippen LogP contribution in [0.4, 0.5) is 11.4 Å². The van der Waals surface area contributed by atoms with Crippen LogP contribution in [0.1, 0.15) is 18.4 Å². The Balaban J connectivity index is 1.40. The highest BCUT2D eigenvalue weighted by Crippen LogP contribution is 2.21. The van der Waals surface area contributed by atoms with E-state index in [1.807, 2.05) is 66.9 Å². The molecule has 2 N–H and O–H groups in total. The van der Waals surface area contributed by atoms with E-state index in [4.69, 9.17) is 5.10 Å². The minimum atomic E-state index is 0.379. The lowest BCUT2D eigenvalue weighted by molar-refractivity contribution is 0.202. The monoisotopic (exact) mass is 411 g/mol. The summed E-state index contributed by atoms with van der Waals surface area (Å²) >= 11 is 0. The molecule has 1 fully saturated rings. The zero-order valence-electron chi connectivity index (χ0n) is 17.7. The van der Waals surface area contributed by atoms with Crippen LogP contribution in [-0.4, -0.2) is 29.9 Å². The number of piperidine rings is 1. The van der Waals surface area contributed by atoms with Crippen molar-refractivity contribution in [1.82, 2.24) is 4.90 Å². The van der Waals surface area contributed by atoms with Crippen molar-refractivity contribution >= 4 is 23.3 Å². The molecule has 0 unspecified atom stereocenters. The maximum atomic E-state index is 4.72. The van der Waals surface area contributed by atoms with Crippen molar-refractivity contribution < 1.29 is 0 Å². The summed E-state index contributed by atoms with van der Waals surface area (Å²) in [7, 11) is 0. The molecular weight excluding hydrogens is 382 g/mol. The predicted molar refractivity (Wildman–Crippen MR) is 130 cm³/mol. The number of hydrazone groups is 2. The smallest absolute Gasteiger partial charge is 0.0839 e. The number of benzene rings is 3. The molecule has 0 bridgehead atoms. The molecule has 3 aromatic rings. The van der Waals surface area contributed by atoms with E-state index in [1.165, 1.54) is 5.56 Å². The molecular formula is C26H29N5. The Hall–Kier alpha value is -3.44. The molecule has 0 aromatic heterocycles. The maximum Gasteiger partial charge on any atom is 0.0839 e. The van der Waals surface area contributed by atoms with Gasteiger partial charge in [0.2, 0.25) is 0 Å². The van der Waals surface area contributed by atoms with Crippen LogP contribution in [0.15, 0.2) is 101 Å². The van der Waals surface area contributed by atoms with Gasteiger partial charge in [0.15, 0.2) is 0 Å². The molecule has 0 radical (unpaired) electrons. The Morgan fingerprint density at radius 1 is 0.774 bits per heavy atom. The molecule has 0 atom stereocenters. The summed E-state index contributed by atoms with van der Waals surface area (Å²) in [6.45, 7) is 3.12. The third-order valence-corrected chi connectivity index (χ3v) is 5.51. The van der Waals surface area contributed by atoms with E-state index in [2.05, 4.69) is 51.2 Å². The number of nitrogens with one attached hydrogen (secondary N) is 2. The van der Waals surface area contributed by atoms with Gasteiger partial charge in [-0.2, -0.15) is 10.2 Å². The largest absolute Gasteiger partial charge is 0.299 e. The van der Waals surface area contributed by atoms with Gasteiger partial charge in [-0.3, -0.25) is 15.8 Å². The van der Waals surface area contributed by atoms with Gasteiger partial charge >= 0.3 is 0 Å². The molecule has 1 heterocycles. The fourth-order valence-corrected chi connectivity index (χ4v) is 3.78. The molecule has 5 nitrogen and oxygen atoms in total. The highest BCUT2D eigenvalue weighted by atomic mass is 15.3. The van der Waals surface area contributed by atoms with E-state index < -0.39 is 0 Å². The van der Waals surface area contributed by atoms with Crippen molar-refractivity contribution in [3.63, 3.8) is 0 Å². The molecule has 0 spiro atoms. The molecule has 4 rings (SSSR count). The van der Waals surface area contributed by atoms with Gasteiger partial charge in [-0.1, -0.05) is 66.7 Å². The van der Waals surface area contributed by atoms with Crippen molar-refractivity contribution in [3.8, 4) is 0 Å². The third-order valence-electron chi connectivity index (χ3n) is 5.51. The standard InChI is InChI=1S/C26H29N5/c1-4-10-22(11-5-1)21-31-18-16-23(17-19-31)26(30-29-25-14-8-3-9-15-25)20-27-28-24-12-6-2-7-13-24/h1-15,20,23,28-29H,16-19,21H2/b27-20-,30-26+. The summed E-state index contributed by atoms with van der Waals surface area (Å²) in [6.07, 6.45) is 4.00. The quantitative estimate of drug-likeness (QED) is 0.382. The van der Waals surface area contributed by atoms with Gasteiger partial charge in [0.1, 0.15) is 0 Å². The highest BCUT2D eigenvalue weighted by Gasteiger charge is 2.23. The van der Waals surface area contributed by atoms with Crippen LogP contribution >= 0.6 is 0 Å². The van der Waals surface area contributed by atoms with Crippen LogP contribution in [0.5, 0.6) is 0 Å². The van der Waals surface area contributed by atoms with E-state index in [9.17, 15) is 0 Å². The van der Waals surface area contributed by atoms with Gasteiger partial charge < -0.3 is 0 Å². The molecule has 3 aromatic carbocycles. The topological polar surface area (TPSA) is 52.0 Å². The van der Waals surface area contributed by atoms with Gasteiger partial charge in [-0.15, -0.1) is 0 Å². The van der Waals surface area contributed by atoms with E-state index in [-0.39, 0.29) is 0 Å². The minimum Gasteiger partial charge on any atom is -0.299 e. The summed E-state index contributed by atoms with van der Waals surface area (Å²) in [5, 5.41) is 9.17. The molecule has 0 saturated carbocycles. The molecule has 1 saturated heterocycles. The molecule has 0 amide bonds. The van der Waals surface area contributed by atoms with Crippen molar-refractivity contribution in [3.05, 3.63) is 96.6 Å². The van der Waals surface area contributed by atoms with Crippen molar-refractivity contribution in [1.29, 1.82) is 0 Å². The van der Waals surface area contributed by atoms with Gasteiger partial charge in [0.25, 0.3) is 0 Å². The van der Waals surface area contributed by atoms with Crippen LogP contribution in [-0.2, 0) is 6.54 Å². The fraction of sp³-hybridized carbons (Fsp3) is 0.231. The van der Waals surface area contributed by atoms with Crippen molar-refractivity contribution in [2.75, 3.05) is 23.9 Å². The maximum absolute atomic E-state index is 4.72. The number of hydrogen-bond donors (Lipinski definition) is 2. The van der Waals surface area contributed by atoms with Gasteiger partial charge in [0.05, 0.1) is 23.3 Å². The number of hydrogen-bond acceptors (Lipinski definition) is 5. The highest BCUT2D eigenvalue weighted by molar-refractivity contribution is 6.31. The summed E-state index contributed by atoms with van der Waals surface area (Å²) in [4.78, 5) is 2.52. The number of para-hydroxylation sites is 2. The molecule has 31 heavy (non-hydrogen) atoms. The fourth-order valence-electron chi connectivity index (χ4n) is 3.78. The Morgan fingerprint density at radius 2 is 1.32 bits per heavy atom. The van der Waals surface area contributed by atoms with E-state index >= 15 is 0 Å². The average Bonchev–Trinajstić information content (AvgIpc) is 2.84. The van der Waals surface area contributed by atoms with Crippen molar-refractivity contribution in [2.24, 2.45) is 16.1 Å². The lowest BCUT2D eigenvalue weighted by atomic mass is 9.92. The number of likely N-dealkylation sites (tertiary alicyclic amines) is 1. The zero-order chi connectivity index (χ0) is 21.1. The second-order valence-corrected chi connectivity index (χ2v) is 7.79. The molecule has 158 valence electrons. The summed E-state index contributed by atoms with van der Waals surface area (Å²) < 4.78 is 0. The Labute approximate surface area is 184 Å². The summed E-state index contributed by atoms with van der Waals surface area (Å²) in [6, 6.07) is 30.7. The zero-order valence-corrected chi connectivity index (χ0v) is 17.7. The second kappa shape index (κ2) is 11.1. The first-order valence-corrected chi connectivity index (χ1v) is 10.9. The second-order valence-electron chi connectivity index (χ2n) is 7.79. The molecule has 0 aliphatic carbocycles. The van der Waals surface area contributed by atoms with Gasteiger partial charge in [0, 0.05) is 12.5 Å². The van der Waals surface area contributed by atoms with Crippen LogP contribution < -0.4 is 10.9 Å². The lowest BCUT2D eigenvalue weighted by Gasteiger charge is -2.31. The normalized spacial score (nSPS) is 15.8. The van der Waals surface area contributed by atoms with E-state index in [0.717, 1.165) is 49.6 Å². The van der Waals surface area contributed by atoms with Crippen LogP contribution in [0, 0.1) is 5.92 Å². The Kier molecular flexibility index (Phi) is 7.45. The number of anilines is 2. The third kappa shape index (κ3) is 6.52. The van der Waals surface area contributed by atoms with Crippen LogP contribution in [0.25, 0.3) is 0 Å². The first kappa shape index (κ1) is 20.8. The number of rotatable bonds is 8. The lowest BCUT2D eigenvalue weighted by Crippen LogP contribution is -2.36. The van der Waals surface area contributed by atoms with E-state index in [0.29, 0.717) is 5.92 Å². The molecule has 1 aliphatic heterocycles. The minimum absolute atomic E-state index is 0.379. The Morgan fingerprint density at radius 3 is 1.94 bits per heavy atom. The Bertz CT molecular complexity index is 962. The first-order valence-electron chi connectivity index (χ1n) is 10.9. The van der Waals surface area contributed by atoms with Crippen molar-refractivity contribution in [2.45, 2.75) is 19.4 Å². The molecule has 5 heteroatoms. The van der Waals surface area contributed by atoms with Crippen LogP contribution in [0.3, 0.4) is 0 Å². The number of nitrogens with zero attached hydrogens (tertiary/aromatic N) is 3. The molecule has 1 aliphatic rings. The summed E-state index contributed by atoms with van der Waals surface area (Å²) in [5.41, 5.74) is 10.6.